The minimum atomic E-state index is -0.211. The lowest BCUT2D eigenvalue weighted by atomic mass is 9.84. The number of hydrogen-bond acceptors (Lipinski definition) is 4. The summed E-state index contributed by atoms with van der Waals surface area (Å²) >= 11 is 7.37. The van der Waals surface area contributed by atoms with Gasteiger partial charge in [-0.3, -0.25) is 0 Å². The molecule has 0 aromatic carbocycles. The molecule has 3 aliphatic carbocycles. The summed E-state index contributed by atoms with van der Waals surface area (Å²) in [5.74, 6) is 2.31. The molecule has 2 N–H and O–H groups in total. The lowest BCUT2D eigenvalue weighted by Gasteiger charge is -2.29. The number of rotatable bonds is 5. The number of thiophene rings is 1. The van der Waals surface area contributed by atoms with Crippen molar-refractivity contribution in [3.8, 4) is 0 Å². The largest absolute Gasteiger partial charge is 0.462 e. The molecular formula is C23H34N2O2S2. The zero-order valence-electron chi connectivity index (χ0n) is 17.7. The van der Waals surface area contributed by atoms with Gasteiger partial charge < -0.3 is 15.4 Å². The van der Waals surface area contributed by atoms with Crippen molar-refractivity contribution >= 4 is 39.6 Å². The summed E-state index contributed by atoms with van der Waals surface area (Å²) < 4.78 is 5.41. The van der Waals surface area contributed by atoms with Crippen molar-refractivity contribution in [1.82, 2.24) is 5.32 Å². The molecule has 4 rings (SSSR count). The summed E-state index contributed by atoms with van der Waals surface area (Å²) in [5, 5.41) is 8.43. The van der Waals surface area contributed by atoms with Crippen molar-refractivity contribution in [2.45, 2.75) is 84.1 Å². The van der Waals surface area contributed by atoms with Gasteiger partial charge in [-0.1, -0.05) is 19.3 Å². The number of anilines is 1. The van der Waals surface area contributed by atoms with Gasteiger partial charge in [-0.05, 0) is 94.3 Å². The van der Waals surface area contributed by atoms with E-state index in [0.717, 1.165) is 47.6 Å². The Bertz CT molecular complexity index is 760. The van der Waals surface area contributed by atoms with E-state index < -0.39 is 0 Å². The van der Waals surface area contributed by atoms with Gasteiger partial charge in [0.25, 0.3) is 0 Å². The van der Waals surface area contributed by atoms with Crippen LogP contribution in [0.3, 0.4) is 0 Å². The molecule has 2 saturated carbocycles. The highest BCUT2D eigenvalue weighted by Gasteiger charge is 2.42. The highest BCUT2D eigenvalue weighted by molar-refractivity contribution is 7.80. The average molecular weight is 435 g/mol. The summed E-state index contributed by atoms with van der Waals surface area (Å²) in [4.78, 5) is 14.1. The molecule has 1 aromatic rings. The van der Waals surface area contributed by atoms with Gasteiger partial charge >= 0.3 is 5.97 Å². The number of thiocarbonyl (C=S) groups is 1. The summed E-state index contributed by atoms with van der Waals surface area (Å²) in [6.45, 7) is 4.52. The lowest BCUT2D eigenvalue weighted by Crippen LogP contribution is -2.42. The summed E-state index contributed by atoms with van der Waals surface area (Å²) in [6, 6.07) is 0.373. The first-order valence-electron chi connectivity index (χ1n) is 11.5. The van der Waals surface area contributed by atoms with E-state index in [1.165, 1.54) is 55.4 Å². The molecule has 0 radical (unpaired) electrons. The van der Waals surface area contributed by atoms with Crippen LogP contribution in [-0.2, 0) is 17.6 Å². The van der Waals surface area contributed by atoms with E-state index in [1.807, 2.05) is 6.92 Å². The van der Waals surface area contributed by atoms with Crippen LogP contribution in [0.25, 0.3) is 0 Å². The summed E-state index contributed by atoms with van der Waals surface area (Å²) in [5.41, 5.74) is 1.92. The molecule has 0 amide bonds. The number of aryl methyl sites for hydroxylation is 1. The van der Waals surface area contributed by atoms with E-state index in [2.05, 4.69) is 17.6 Å². The van der Waals surface area contributed by atoms with Gasteiger partial charge in [0, 0.05) is 10.9 Å². The quantitative estimate of drug-likeness (QED) is 0.460. The second-order valence-corrected chi connectivity index (χ2v) is 10.6. The monoisotopic (exact) mass is 434 g/mol. The fourth-order valence-corrected chi connectivity index (χ4v) is 7.42. The van der Waals surface area contributed by atoms with Crippen molar-refractivity contribution in [3.05, 3.63) is 16.0 Å². The molecule has 1 heterocycles. The van der Waals surface area contributed by atoms with Crippen molar-refractivity contribution in [1.29, 1.82) is 0 Å². The van der Waals surface area contributed by atoms with Crippen molar-refractivity contribution < 1.29 is 9.53 Å². The van der Waals surface area contributed by atoms with Gasteiger partial charge in [0.05, 0.1) is 12.2 Å². The van der Waals surface area contributed by atoms with Crippen molar-refractivity contribution in [2.24, 2.45) is 17.8 Å². The highest BCUT2D eigenvalue weighted by Crippen LogP contribution is 2.49. The van der Waals surface area contributed by atoms with E-state index >= 15 is 0 Å². The van der Waals surface area contributed by atoms with E-state index in [1.54, 1.807) is 11.3 Å². The fraction of sp³-hybridized carbons (Fsp3) is 0.739. The molecule has 0 spiro atoms. The highest BCUT2D eigenvalue weighted by atomic mass is 32.1. The number of ether oxygens (including phenoxy) is 1. The van der Waals surface area contributed by atoms with Gasteiger partial charge in [0.15, 0.2) is 5.11 Å². The number of carbonyl (C=O) groups excluding carboxylic acids is 1. The van der Waals surface area contributed by atoms with E-state index in [4.69, 9.17) is 17.0 Å². The Balaban J connectivity index is 1.48. The first kappa shape index (κ1) is 21.1. The fourth-order valence-electron chi connectivity index (χ4n) is 5.79. The molecule has 0 saturated heterocycles. The van der Waals surface area contributed by atoms with Crippen LogP contribution < -0.4 is 10.6 Å². The van der Waals surface area contributed by atoms with Gasteiger partial charge in [0.2, 0.25) is 0 Å². The van der Waals surface area contributed by atoms with Crippen LogP contribution in [0, 0.1) is 17.8 Å². The number of carbonyl (C=O) groups is 1. The smallest absolute Gasteiger partial charge is 0.341 e. The van der Waals surface area contributed by atoms with E-state index in [9.17, 15) is 4.79 Å². The predicted octanol–water partition coefficient (Wildman–Crippen LogP) is 5.69. The third-order valence-electron chi connectivity index (χ3n) is 7.17. The topological polar surface area (TPSA) is 50.4 Å². The zero-order chi connectivity index (χ0) is 20.4. The molecule has 0 aliphatic heterocycles. The summed E-state index contributed by atoms with van der Waals surface area (Å²) in [7, 11) is 0. The van der Waals surface area contributed by atoms with Crippen LogP contribution in [0.4, 0.5) is 5.00 Å². The minimum absolute atomic E-state index is 0.211. The maximum atomic E-state index is 12.8. The Morgan fingerprint density at radius 2 is 2.00 bits per heavy atom. The number of nitrogens with one attached hydrogen (secondary N) is 2. The molecule has 4 unspecified atom stereocenters. The standard InChI is InChI=1S/C23H34N2O2S2/c1-3-27-22(26)20-17-8-6-4-5-7-9-19(17)29-21(20)25-23(28)24-14(2)18-13-15-10-11-16(18)12-15/h14-16,18H,3-13H2,1-2H3,(H2,24,25,28). The Morgan fingerprint density at radius 3 is 2.69 bits per heavy atom. The summed E-state index contributed by atoms with van der Waals surface area (Å²) in [6.07, 6.45) is 12.4. The van der Waals surface area contributed by atoms with Crippen LogP contribution in [0.5, 0.6) is 0 Å². The van der Waals surface area contributed by atoms with Gasteiger partial charge in [-0.2, -0.15) is 0 Å². The molecule has 1 aromatic heterocycles. The molecule has 160 valence electrons. The second kappa shape index (κ2) is 9.34. The first-order valence-corrected chi connectivity index (χ1v) is 12.7. The SMILES string of the molecule is CCOC(=O)c1c(NC(=S)NC(C)C2CC3CCC2C3)sc2c1CCCCCC2. The van der Waals surface area contributed by atoms with Gasteiger partial charge in [-0.15, -0.1) is 11.3 Å². The predicted molar refractivity (Wildman–Crippen MR) is 124 cm³/mol. The number of hydrogen-bond donors (Lipinski definition) is 2. The van der Waals surface area contributed by atoms with Crippen LogP contribution in [0.1, 0.15) is 86.0 Å². The third-order valence-corrected chi connectivity index (χ3v) is 8.60. The average Bonchev–Trinajstić information content (AvgIpc) is 3.36. The molecule has 4 atom stereocenters. The molecular weight excluding hydrogens is 400 g/mol. The van der Waals surface area contributed by atoms with Gasteiger partial charge in [-0.25, -0.2) is 4.79 Å². The molecule has 29 heavy (non-hydrogen) atoms. The van der Waals surface area contributed by atoms with Crippen molar-refractivity contribution in [2.75, 3.05) is 11.9 Å². The maximum absolute atomic E-state index is 12.8. The van der Waals surface area contributed by atoms with Crippen LogP contribution in [0.15, 0.2) is 0 Å². The second-order valence-electron chi connectivity index (χ2n) is 9.07. The van der Waals surface area contributed by atoms with Gasteiger partial charge in [0.1, 0.15) is 5.00 Å². The lowest BCUT2D eigenvalue weighted by molar-refractivity contribution is 0.0526. The Kier molecular flexibility index (Phi) is 6.80. The van der Waals surface area contributed by atoms with Crippen LogP contribution in [0.2, 0.25) is 0 Å². The molecule has 4 nitrogen and oxygen atoms in total. The van der Waals surface area contributed by atoms with Crippen LogP contribution in [-0.4, -0.2) is 23.7 Å². The molecule has 2 fully saturated rings. The Morgan fingerprint density at radius 1 is 1.21 bits per heavy atom. The zero-order valence-corrected chi connectivity index (χ0v) is 19.4. The Labute approximate surface area is 184 Å². The maximum Gasteiger partial charge on any atom is 0.341 e. The normalized spacial score (nSPS) is 26.9. The van der Waals surface area contributed by atoms with Crippen molar-refractivity contribution in [3.63, 3.8) is 0 Å². The number of fused-ring (bicyclic) bond motifs is 3. The first-order chi connectivity index (χ1) is 14.1. The molecule has 6 heteroatoms. The van der Waals surface area contributed by atoms with E-state index in [0.29, 0.717) is 17.8 Å². The van der Waals surface area contributed by atoms with E-state index in [-0.39, 0.29) is 5.97 Å². The number of esters is 1. The Hall–Kier alpha value is -1.14. The molecule has 2 bridgehead atoms. The third kappa shape index (κ3) is 4.63. The minimum Gasteiger partial charge on any atom is -0.462 e. The molecule has 3 aliphatic rings. The van der Waals surface area contributed by atoms with Crippen LogP contribution >= 0.6 is 23.6 Å².